The number of nitrogens with zero attached hydrogens (tertiary/aromatic N) is 3. The average Bonchev–Trinajstić information content (AvgIpc) is 2.87. The van der Waals surface area contributed by atoms with Crippen LogP contribution < -0.4 is 10.5 Å². The van der Waals surface area contributed by atoms with Gasteiger partial charge in [-0.3, -0.25) is 0 Å². The molecule has 1 unspecified atom stereocenters. The normalized spacial score (nSPS) is 12.7. The minimum Gasteiger partial charge on any atom is -0.497 e. The highest BCUT2D eigenvalue weighted by Crippen LogP contribution is 2.19. The number of nitrogens with two attached hydrogens (primary N) is 1. The highest BCUT2D eigenvalue weighted by molar-refractivity contribution is 5.29. The molecule has 0 bridgehead atoms. The molecule has 0 saturated heterocycles. The first kappa shape index (κ1) is 13.5. The summed E-state index contributed by atoms with van der Waals surface area (Å²) >= 11 is 0. The van der Waals surface area contributed by atoms with Crippen molar-refractivity contribution in [2.45, 2.75) is 32.4 Å². The van der Waals surface area contributed by atoms with Crippen LogP contribution in [-0.2, 0) is 6.42 Å². The largest absolute Gasteiger partial charge is 0.497 e. The van der Waals surface area contributed by atoms with Gasteiger partial charge in [-0.25, -0.2) is 9.67 Å². The molecule has 1 heterocycles. The second-order valence-electron chi connectivity index (χ2n) is 4.80. The maximum absolute atomic E-state index is 6.22. The van der Waals surface area contributed by atoms with Crippen LogP contribution >= 0.6 is 0 Å². The molecule has 0 aliphatic heterocycles. The van der Waals surface area contributed by atoms with E-state index in [-0.39, 0.29) is 6.04 Å². The minimum absolute atomic E-state index is 0.0902. The molecule has 2 N–H and O–H groups in total. The van der Waals surface area contributed by atoms with Gasteiger partial charge in [-0.1, -0.05) is 12.1 Å². The molecule has 19 heavy (non-hydrogen) atoms. The van der Waals surface area contributed by atoms with E-state index in [0.717, 1.165) is 17.1 Å². The van der Waals surface area contributed by atoms with Gasteiger partial charge in [-0.15, -0.1) is 0 Å². The van der Waals surface area contributed by atoms with Crippen molar-refractivity contribution in [2.75, 3.05) is 7.11 Å². The minimum atomic E-state index is -0.0902. The summed E-state index contributed by atoms with van der Waals surface area (Å²) in [6.45, 7) is 4.16. The van der Waals surface area contributed by atoms with Crippen LogP contribution in [0, 0.1) is 0 Å². The zero-order chi connectivity index (χ0) is 13.8. The number of rotatable bonds is 5. The van der Waals surface area contributed by atoms with Crippen LogP contribution in [0.2, 0.25) is 0 Å². The fourth-order valence-electron chi connectivity index (χ4n) is 2.02. The third-order valence-electron chi connectivity index (χ3n) is 3.08. The molecule has 1 aromatic carbocycles. The van der Waals surface area contributed by atoms with Gasteiger partial charge in [0, 0.05) is 18.5 Å². The van der Waals surface area contributed by atoms with Crippen LogP contribution in [0.3, 0.4) is 0 Å². The first-order valence-electron chi connectivity index (χ1n) is 6.39. The van der Waals surface area contributed by atoms with Gasteiger partial charge in [-0.05, 0) is 31.5 Å². The molecule has 1 atom stereocenters. The average molecular weight is 260 g/mol. The van der Waals surface area contributed by atoms with E-state index in [9.17, 15) is 0 Å². The standard InChI is InChI=1S/C14H20N4O/c1-10(2)18-14(16-9-17-18)8-13(15)11-4-6-12(19-3)7-5-11/h4-7,9-10,13H,8,15H2,1-3H3. The van der Waals surface area contributed by atoms with Crippen molar-refractivity contribution in [3.8, 4) is 5.75 Å². The molecule has 0 aliphatic rings. The van der Waals surface area contributed by atoms with Gasteiger partial charge in [0.2, 0.25) is 0 Å². The van der Waals surface area contributed by atoms with Crippen LogP contribution in [0.5, 0.6) is 5.75 Å². The predicted octanol–water partition coefficient (Wildman–Crippen LogP) is 2.11. The summed E-state index contributed by atoms with van der Waals surface area (Å²) < 4.78 is 7.04. The van der Waals surface area contributed by atoms with Gasteiger partial charge in [0.05, 0.1) is 7.11 Å². The van der Waals surface area contributed by atoms with Crippen molar-refractivity contribution in [2.24, 2.45) is 5.73 Å². The molecule has 0 aliphatic carbocycles. The summed E-state index contributed by atoms with van der Waals surface area (Å²) in [6.07, 6.45) is 2.25. The fraction of sp³-hybridized carbons (Fsp3) is 0.429. The first-order chi connectivity index (χ1) is 9.11. The molecule has 0 fully saturated rings. The summed E-state index contributed by atoms with van der Waals surface area (Å²) in [5, 5.41) is 4.22. The van der Waals surface area contributed by atoms with E-state index in [2.05, 4.69) is 23.9 Å². The Morgan fingerprint density at radius 1 is 1.26 bits per heavy atom. The quantitative estimate of drug-likeness (QED) is 0.894. The van der Waals surface area contributed by atoms with Crippen LogP contribution in [0.15, 0.2) is 30.6 Å². The zero-order valence-corrected chi connectivity index (χ0v) is 11.6. The van der Waals surface area contributed by atoms with E-state index in [0.29, 0.717) is 12.5 Å². The summed E-state index contributed by atoms with van der Waals surface area (Å²) in [4.78, 5) is 4.28. The van der Waals surface area contributed by atoms with Gasteiger partial charge >= 0.3 is 0 Å². The topological polar surface area (TPSA) is 66.0 Å². The number of hydrogen-bond acceptors (Lipinski definition) is 4. The van der Waals surface area contributed by atoms with Crippen LogP contribution in [0.4, 0.5) is 0 Å². The Balaban J connectivity index is 2.11. The first-order valence-corrected chi connectivity index (χ1v) is 6.39. The van der Waals surface area contributed by atoms with E-state index in [1.165, 1.54) is 0 Å². The second-order valence-corrected chi connectivity index (χ2v) is 4.80. The summed E-state index contributed by atoms with van der Waals surface area (Å²) in [7, 11) is 1.65. The maximum atomic E-state index is 6.22. The van der Waals surface area contributed by atoms with Crippen molar-refractivity contribution in [1.82, 2.24) is 14.8 Å². The molecule has 0 spiro atoms. The lowest BCUT2D eigenvalue weighted by molar-refractivity contribution is 0.414. The molecule has 0 amide bonds. The summed E-state index contributed by atoms with van der Waals surface area (Å²) in [5.41, 5.74) is 7.29. The Hall–Kier alpha value is -1.88. The third-order valence-corrected chi connectivity index (χ3v) is 3.08. The van der Waals surface area contributed by atoms with Crippen LogP contribution in [0.1, 0.15) is 37.3 Å². The number of hydrogen-bond donors (Lipinski definition) is 1. The molecular formula is C14H20N4O. The maximum Gasteiger partial charge on any atom is 0.138 e. The predicted molar refractivity (Wildman–Crippen MR) is 74.0 cm³/mol. The van der Waals surface area contributed by atoms with Crippen molar-refractivity contribution >= 4 is 0 Å². The third kappa shape index (κ3) is 3.12. The van der Waals surface area contributed by atoms with E-state index in [1.54, 1.807) is 13.4 Å². The molecular weight excluding hydrogens is 240 g/mol. The number of methoxy groups -OCH3 is 1. The highest BCUT2D eigenvalue weighted by Gasteiger charge is 2.13. The lowest BCUT2D eigenvalue weighted by Gasteiger charge is -2.14. The van der Waals surface area contributed by atoms with Gasteiger partial charge < -0.3 is 10.5 Å². The molecule has 102 valence electrons. The van der Waals surface area contributed by atoms with E-state index in [1.807, 2.05) is 28.9 Å². The Morgan fingerprint density at radius 3 is 2.53 bits per heavy atom. The second kappa shape index (κ2) is 5.84. The van der Waals surface area contributed by atoms with Crippen molar-refractivity contribution in [3.63, 3.8) is 0 Å². The Bertz CT molecular complexity index is 518. The summed E-state index contributed by atoms with van der Waals surface area (Å²) in [5.74, 6) is 1.75. The van der Waals surface area contributed by atoms with Gasteiger partial charge in [0.25, 0.3) is 0 Å². The molecule has 0 radical (unpaired) electrons. The van der Waals surface area contributed by atoms with Crippen molar-refractivity contribution in [3.05, 3.63) is 42.0 Å². The van der Waals surface area contributed by atoms with E-state index < -0.39 is 0 Å². The molecule has 5 heteroatoms. The van der Waals surface area contributed by atoms with Gasteiger partial charge in [0.1, 0.15) is 17.9 Å². The Kier molecular flexibility index (Phi) is 4.16. The van der Waals surface area contributed by atoms with Gasteiger partial charge in [0.15, 0.2) is 0 Å². The van der Waals surface area contributed by atoms with E-state index in [4.69, 9.17) is 10.5 Å². The SMILES string of the molecule is COc1ccc(C(N)Cc2ncnn2C(C)C)cc1. The molecule has 2 aromatic rings. The number of benzene rings is 1. The zero-order valence-electron chi connectivity index (χ0n) is 11.6. The van der Waals surface area contributed by atoms with Crippen molar-refractivity contribution in [1.29, 1.82) is 0 Å². The lowest BCUT2D eigenvalue weighted by atomic mass is 10.0. The molecule has 2 rings (SSSR count). The highest BCUT2D eigenvalue weighted by atomic mass is 16.5. The fourth-order valence-corrected chi connectivity index (χ4v) is 2.02. The number of ether oxygens (including phenoxy) is 1. The van der Waals surface area contributed by atoms with E-state index >= 15 is 0 Å². The monoisotopic (exact) mass is 260 g/mol. The molecule has 1 aromatic heterocycles. The Morgan fingerprint density at radius 2 is 1.95 bits per heavy atom. The van der Waals surface area contributed by atoms with Crippen LogP contribution in [-0.4, -0.2) is 21.9 Å². The molecule has 5 nitrogen and oxygen atoms in total. The van der Waals surface area contributed by atoms with Gasteiger partial charge in [-0.2, -0.15) is 5.10 Å². The van der Waals surface area contributed by atoms with Crippen molar-refractivity contribution < 1.29 is 4.74 Å². The molecule has 0 saturated carbocycles. The number of aromatic nitrogens is 3. The lowest BCUT2D eigenvalue weighted by Crippen LogP contribution is -2.18. The summed E-state index contributed by atoms with van der Waals surface area (Å²) in [6, 6.07) is 8.01. The Labute approximate surface area is 113 Å². The smallest absolute Gasteiger partial charge is 0.138 e. The van der Waals surface area contributed by atoms with Crippen LogP contribution in [0.25, 0.3) is 0 Å².